The summed E-state index contributed by atoms with van der Waals surface area (Å²) in [6.45, 7) is 1.85. The van der Waals surface area contributed by atoms with Crippen molar-refractivity contribution in [3.63, 3.8) is 0 Å². The molecule has 1 aliphatic heterocycles. The maximum atomic E-state index is 12.2. The number of likely N-dealkylation sites (N-methyl/N-ethyl adjacent to an activating group) is 1. The molecule has 1 fully saturated rings. The fraction of sp³-hybridized carbons (Fsp3) is 0.615. The summed E-state index contributed by atoms with van der Waals surface area (Å²) in [6, 6.07) is 1.75. The second-order valence-corrected chi connectivity index (χ2v) is 4.94. The van der Waals surface area contributed by atoms with Crippen LogP contribution in [0.5, 0.6) is 0 Å². The zero-order chi connectivity index (χ0) is 13.7. The minimum atomic E-state index is 0.0631. The second kappa shape index (κ2) is 6.47. The molecule has 1 aromatic heterocycles. The summed E-state index contributed by atoms with van der Waals surface area (Å²) >= 11 is 0. The van der Waals surface area contributed by atoms with Gasteiger partial charge in [0.1, 0.15) is 0 Å². The number of aliphatic hydroxyl groups is 1. The van der Waals surface area contributed by atoms with Gasteiger partial charge in [-0.15, -0.1) is 0 Å². The number of aliphatic hydroxyl groups excluding tert-OH is 1. The smallest absolute Gasteiger partial charge is 0.242 e. The summed E-state index contributed by atoms with van der Waals surface area (Å²) in [5, 5.41) is 9.18. The highest BCUT2D eigenvalue weighted by atomic mass is 16.3. The number of aromatic nitrogens is 2. The van der Waals surface area contributed by atoms with Gasteiger partial charge in [-0.2, -0.15) is 0 Å². The van der Waals surface area contributed by atoms with Crippen LogP contribution >= 0.6 is 0 Å². The largest absolute Gasteiger partial charge is 0.396 e. The lowest BCUT2D eigenvalue weighted by atomic mass is 9.99. The molecule has 0 radical (unpaired) electrons. The molecule has 104 valence electrons. The van der Waals surface area contributed by atoms with Crippen LogP contribution in [0.4, 0.5) is 5.95 Å². The van der Waals surface area contributed by atoms with Crippen LogP contribution in [0.1, 0.15) is 12.8 Å². The minimum absolute atomic E-state index is 0.0631. The molecule has 6 heteroatoms. The topological polar surface area (TPSA) is 69.6 Å². The van der Waals surface area contributed by atoms with E-state index >= 15 is 0 Å². The lowest BCUT2D eigenvalue weighted by Gasteiger charge is -2.33. The summed E-state index contributed by atoms with van der Waals surface area (Å²) in [5.74, 6) is 0.829. The maximum Gasteiger partial charge on any atom is 0.242 e. The van der Waals surface area contributed by atoms with Crippen molar-refractivity contribution in [1.82, 2.24) is 14.9 Å². The van der Waals surface area contributed by atoms with Crippen LogP contribution in [0.3, 0.4) is 0 Å². The predicted octanol–water partition coefficient (Wildman–Crippen LogP) is 0.144. The molecule has 1 N–H and O–H groups in total. The van der Waals surface area contributed by atoms with Gasteiger partial charge in [0.25, 0.3) is 0 Å². The average Bonchev–Trinajstić information content (AvgIpc) is 2.48. The van der Waals surface area contributed by atoms with Crippen LogP contribution < -0.4 is 4.90 Å². The quantitative estimate of drug-likeness (QED) is 0.838. The summed E-state index contributed by atoms with van der Waals surface area (Å²) in [4.78, 5) is 24.0. The summed E-state index contributed by atoms with van der Waals surface area (Å²) < 4.78 is 0. The fourth-order valence-electron chi connectivity index (χ4n) is 2.30. The summed E-state index contributed by atoms with van der Waals surface area (Å²) in [6.07, 6.45) is 5.28. The molecule has 1 unspecified atom stereocenters. The third kappa shape index (κ3) is 3.64. The van der Waals surface area contributed by atoms with E-state index in [1.165, 1.54) is 0 Å². The molecule has 19 heavy (non-hydrogen) atoms. The Labute approximate surface area is 113 Å². The Hall–Kier alpha value is -1.69. The Morgan fingerprint density at radius 2 is 2.26 bits per heavy atom. The third-order valence-corrected chi connectivity index (χ3v) is 3.40. The van der Waals surface area contributed by atoms with Gasteiger partial charge in [-0.05, 0) is 24.8 Å². The monoisotopic (exact) mass is 264 g/mol. The fourth-order valence-corrected chi connectivity index (χ4v) is 2.30. The van der Waals surface area contributed by atoms with Gasteiger partial charge in [0.15, 0.2) is 0 Å². The standard InChI is InChI=1S/C13H20N4O2/c1-16(13-14-5-3-6-15-13)9-12(19)17-7-2-4-11(8-17)10-18/h3,5-6,11,18H,2,4,7-10H2,1H3. The molecule has 0 spiro atoms. The highest BCUT2D eigenvalue weighted by molar-refractivity contribution is 5.80. The van der Waals surface area contributed by atoms with Crippen molar-refractivity contribution in [3.05, 3.63) is 18.5 Å². The molecule has 6 nitrogen and oxygen atoms in total. The maximum absolute atomic E-state index is 12.2. The van der Waals surface area contributed by atoms with Crippen molar-refractivity contribution in [3.8, 4) is 0 Å². The molecule has 1 aliphatic rings. The number of amides is 1. The molecular weight excluding hydrogens is 244 g/mol. The van der Waals surface area contributed by atoms with Gasteiger partial charge in [-0.1, -0.05) is 0 Å². The summed E-state index contributed by atoms with van der Waals surface area (Å²) in [7, 11) is 1.81. The van der Waals surface area contributed by atoms with E-state index in [1.54, 1.807) is 30.4 Å². The van der Waals surface area contributed by atoms with Crippen LogP contribution in [0, 0.1) is 5.92 Å². The van der Waals surface area contributed by atoms with Gasteiger partial charge in [0, 0.05) is 39.1 Å². The van der Waals surface area contributed by atoms with E-state index in [0.717, 1.165) is 19.4 Å². The SMILES string of the molecule is CN(CC(=O)N1CCCC(CO)C1)c1ncccn1. The first kappa shape index (κ1) is 13.7. The van der Waals surface area contributed by atoms with Gasteiger partial charge in [0.2, 0.25) is 11.9 Å². The molecule has 0 aliphatic carbocycles. The normalized spacial score (nSPS) is 19.3. The van der Waals surface area contributed by atoms with E-state index < -0.39 is 0 Å². The zero-order valence-corrected chi connectivity index (χ0v) is 11.2. The number of rotatable bonds is 4. The number of nitrogens with zero attached hydrogens (tertiary/aromatic N) is 4. The third-order valence-electron chi connectivity index (χ3n) is 3.40. The number of carbonyl (C=O) groups is 1. The van der Waals surface area contributed by atoms with Gasteiger partial charge in [0.05, 0.1) is 6.54 Å². The van der Waals surface area contributed by atoms with Crippen LogP contribution in [-0.2, 0) is 4.79 Å². The number of hydrogen-bond donors (Lipinski definition) is 1. The molecular formula is C13H20N4O2. The lowest BCUT2D eigenvalue weighted by molar-refractivity contribution is -0.131. The highest BCUT2D eigenvalue weighted by Gasteiger charge is 2.24. The van der Waals surface area contributed by atoms with Crippen LogP contribution in [-0.4, -0.2) is 59.2 Å². The zero-order valence-electron chi connectivity index (χ0n) is 11.2. The van der Waals surface area contributed by atoms with Crippen molar-refractivity contribution in [1.29, 1.82) is 0 Å². The van der Waals surface area contributed by atoms with Crippen LogP contribution in [0.2, 0.25) is 0 Å². The van der Waals surface area contributed by atoms with Crippen LogP contribution in [0.25, 0.3) is 0 Å². The molecule has 0 saturated carbocycles. The van der Waals surface area contributed by atoms with Crippen molar-refractivity contribution >= 4 is 11.9 Å². The molecule has 1 aromatic rings. The van der Waals surface area contributed by atoms with Gasteiger partial charge in [-0.25, -0.2) is 9.97 Å². The highest BCUT2D eigenvalue weighted by Crippen LogP contribution is 2.16. The first-order valence-electron chi connectivity index (χ1n) is 6.57. The Morgan fingerprint density at radius 1 is 1.53 bits per heavy atom. The molecule has 0 bridgehead atoms. The Bertz CT molecular complexity index is 412. The molecule has 1 amide bonds. The van der Waals surface area contributed by atoms with E-state index in [1.807, 2.05) is 4.90 Å². The minimum Gasteiger partial charge on any atom is -0.396 e. The van der Waals surface area contributed by atoms with Gasteiger partial charge < -0.3 is 14.9 Å². The number of anilines is 1. The van der Waals surface area contributed by atoms with E-state index in [0.29, 0.717) is 12.5 Å². The van der Waals surface area contributed by atoms with Crippen molar-refractivity contribution in [2.24, 2.45) is 5.92 Å². The number of likely N-dealkylation sites (tertiary alicyclic amines) is 1. The van der Waals surface area contributed by atoms with Crippen molar-refractivity contribution in [2.75, 3.05) is 38.2 Å². The van der Waals surface area contributed by atoms with Gasteiger partial charge >= 0.3 is 0 Å². The molecule has 0 aromatic carbocycles. The Morgan fingerprint density at radius 3 is 2.95 bits per heavy atom. The average molecular weight is 264 g/mol. The van der Waals surface area contributed by atoms with Crippen molar-refractivity contribution < 1.29 is 9.90 Å². The van der Waals surface area contributed by atoms with Crippen LogP contribution in [0.15, 0.2) is 18.5 Å². The predicted molar refractivity (Wildman–Crippen MR) is 71.7 cm³/mol. The Balaban J connectivity index is 1.90. The van der Waals surface area contributed by atoms with E-state index in [2.05, 4.69) is 9.97 Å². The number of hydrogen-bond acceptors (Lipinski definition) is 5. The molecule has 1 saturated heterocycles. The van der Waals surface area contributed by atoms with E-state index in [4.69, 9.17) is 0 Å². The molecule has 2 heterocycles. The second-order valence-electron chi connectivity index (χ2n) is 4.94. The number of piperidine rings is 1. The first-order valence-corrected chi connectivity index (χ1v) is 6.57. The summed E-state index contributed by atoms with van der Waals surface area (Å²) in [5.41, 5.74) is 0. The lowest BCUT2D eigenvalue weighted by Crippen LogP contribution is -2.45. The van der Waals surface area contributed by atoms with Crippen molar-refractivity contribution in [2.45, 2.75) is 12.8 Å². The first-order chi connectivity index (χ1) is 9.20. The van der Waals surface area contributed by atoms with E-state index in [-0.39, 0.29) is 25.0 Å². The van der Waals surface area contributed by atoms with E-state index in [9.17, 15) is 9.90 Å². The van der Waals surface area contributed by atoms with Gasteiger partial charge in [-0.3, -0.25) is 4.79 Å². The number of carbonyl (C=O) groups excluding carboxylic acids is 1. The molecule has 2 rings (SSSR count). The Kier molecular flexibility index (Phi) is 4.68. The molecule has 1 atom stereocenters.